The Bertz CT molecular complexity index is 536. The van der Waals surface area contributed by atoms with Gasteiger partial charge in [-0.3, -0.25) is 4.79 Å². The molecular weight excluding hydrogens is 286 g/mol. The zero-order valence-corrected chi connectivity index (χ0v) is 10.5. The van der Waals surface area contributed by atoms with Crippen LogP contribution >= 0.6 is 15.9 Å². The van der Waals surface area contributed by atoms with Gasteiger partial charge in [-0.15, -0.1) is 0 Å². The van der Waals surface area contributed by atoms with Crippen molar-refractivity contribution in [3.63, 3.8) is 0 Å². The van der Waals surface area contributed by atoms with Crippen LogP contribution in [0.4, 0.5) is 0 Å². The molecule has 0 spiro atoms. The van der Waals surface area contributed by atoms with Crippen LogP contribution < -0.4 is 0 Å². The largest absolute Gasteiger partial charge is 0.481 e. The van der Waals surface area contributed by atoms with Gasteiger partial charge in [0.2, 0.25) is 0 Å². The highest BCUT2D eigenvalue weighted by molar-refractivity contribution is 9.10. The Kier molecular flexibility index (Phi) is 3.58. The molecule has 1 aromatic heterocycles. The Morgan fingerprint density at radius 1 is 1.35 bits per heavy atom. The second kappa shape index (κ2) is 5.14. The number of rotatable bonds is 4. The van der Waals surface area contributed by atoms with Crippen LogP contribution in [0.3, 0.4) is 0 Å². The number of carboxylic acids is 1. The molecule has 0 aliphatic carbocycles. The predicted octanol–water partition coefficient (Wildman–Crippen LogP) is 3.12. The maximum absolute atomic E-state index is 10.5. The number of halogens is 1. The number of hydrogen-bond donors (Lipinski definition) is 1. The molecule has 0 aliphatic heterocycles. The molecule has 0 aliphatic rings. The van der Waals surface area contributed by atoms with Crippen molar-refractivity contribution in [2.75, 3.05) is 0 Å². The summed E-state index contributed by atoms with van der Waals surface area (Å²) in [4.78, 5) is 10.5. The zero-order chi connectivity index (χ0) is 12.3. The summed E-state index contributed by atoms with van der Waals surface area (Å²) in [7, 11) is 0. The van der Waals surface area contributed by atoms with Crippen molar-refractivity contribution in [3.8, 4) is 11.1 Å². The number of aryl methyl sites for hydroxylation is 1. The van der Waals surface area contributed by atoms with E-state index in [9.17, 15) is 4.79 Å². The van der Waals surface area contributed by atoms with Crippen LogP contribution in [-0.4, -0.2) is 16.2 Å². The molecule has 0 amide bonds. The van der Waals surface area contributed by atoms with Gasteiger partial charge >= 0.3 is 5.97 Å². The van der Waals surface area contributed by atoms with E-state index in [1.807, 2.05) is 24.3 Å². The normalized spacial score (nSPS) is 10.4. The number of benzene rings is 1. The lowest BCUT2D eigenvalue weighted by Crippen LogP contribution is -1.98. The van der Waals surface area contributed by atoms with E-state index in [1.54, 1.807) is 0 Å². The standard InChI is InChI=1S/C12H10BrNO3/c13-10-4-2-1-3-8(10)9-7-17-14-11(9)5-6-12(15)16/h1-4,7H,5-6H2,(H,15,16). The van der Waals surface area contributed by atoms with Crippen LogP contribution in [0.25, 0.3) is 11.1 Å². The summed E-state index contributed by atoms with van der Waals surface area (Å²) in [6.07, 6.45) is 1.95. The van der Waals surface area contributed by atoms with Gasteiger partial charge in [0.05, 0.1) is 12.1 Å². The summed E-state index contributed by atoms with van der Waals surface area (Å²) in [6.45, 7) is 0. The summed E-state index contributed by atoms with van der Waals surface area (Å²) in [5.41, 5.74) is 2.45. The molecule has 0 saturated carbocycles. The average molecular weight is 296 g/mol. The van der Waals surface area contributed by atoms with E-state index in [2.05, 4.69) is 21.1 Å². The lowest BCUT2D eigenvalue weighted by atomic mass is 10.0. The molecule has 1 N–H and O–H groups in total. The lowest BCUT2D eigenvalue weighted by molar-refractivity contribution is -0.136. The van der Waals surface area contributed by atoms with Crippen molar-refractivity contribution in [1.82, 2.24) is 5.16 Å². The molecule has 2 rings (SSSR count). The number of hydrogen-bond acceptors (Lipinski definition) is 3. The highest BCUT2D eigenvalue weighted by Gasteiger charge is 2.13. The number of carboxylic acid groups (broad SMARTS) is 1. The average Bonchev–Trinajstić information content (AvgIpc) is 2.75. The van der Waals surface area contributed by atoms with Crippen molar-refractivity contribution < 1.29 is 14.4 Å². The van der Waals surface area contributed by atoms with E-state index in [1.165, 1.54) is 6.26 Å². The van der Waals surface area contributed by atoms with Gasteiger partial charge in [-0.2, -0.15) is 0 Å². The molecule has 0 atom stereocenters. The van der Waals surface area contributed by atoms with Crippen molar-refractivity contribution in [3.05, 3.63) is 40.7 Å². The molecule has 0 radical (unpaired) electrons. The summed E-state index contributed by atoms with van der Waals surface area (Å²) in [5, 5.41) is 12.5. The molecule has 88 valence electrons. The van der Waals surface area contributed by atoms with Gasteiger partial charge < -0.3 is 9.63 Å². The Morgan fingerprint density at radius 3 is 2.82 bits per heavy atom. The zero-order valence-electron chi connectivity index (χ0n) is 8.89. The highest BCUT2D eigenvalue weighted by atomic mass is 79.9. The number of aromatic nitrogens is 1. The smallest absolute Gasteiger partial charge is 0.303 e. The molecular formula is C12H10BrNO3. The molecule has 1 aromatic carbocycles. The first-order valence-electron chi connectivity index (χ1n) is 5.08. The first-order chi connectivity index (χ1) is 8.18. The van der Waals surface area contributed by atoms with Crippen LogP contribution in [0.15, 0.2) is 39.5 Å². The molecule has 0 fully saturated rings. The first kappa shape index (κ1) is 11.9. The monoisotopic (exact) mass is 295 g/mol. The summed E-state index contributed by atoms with van der Waals surface area (Å²) >= 11 is 3.45. The van der Waals surface area contributed by atoms with Crippen molar-refractivity contribution >= 4 is 21.9 Å². The summed E-state index contributed by atoms with van der Waals surface area (Å²) < 4.78 is 5.85. The molecule has 0 saturated heterocycles. The Balaban J connectivity index is 2.31. The van der Waals surface area contributed by atoms with Gasteiger partial charge in [-0.25, -0.2) is 0 Å². The minimum atomic E-state index is -0.842. The Hall–Kier alpha value is -1.62. The third kappa shape index (κ3) is 2.74. The molecule has 0 unspecified atom stereocenters. The minimum Gasteiger partial charge on any atom is -0.481 e. The molecule has 2 aromatic rings. The summed E-state index contributed by atoms with van der Waals surface area (Å²) in [5.74, 6) is -0.842. The fourth-order valence-corrected chi connectivity index (χ4v) is 2.06. The Morgan fingerprint density at radius 2 is 2.12 bits per heavy atom. The third-order valence-electron chi connectivity index (χ3n) is 2.38. The third-order valence-corrected chi connectivity index (χ3v) is 3.08. The van der Waals surface area contributed by atoms with Crippen LogP contribution in [0, 0.1) is 0 Å². The van der Waals surface area contributed by atoms with Crippen molar-refractivity contribution in [2.45, 2.75) is 12.8 Å². The molecule has 1 heterocycles. The van der Waals surface area contributed by atoms with Gasteiger partial charge in [0.1, 0.15) is 6.26 Å². The maximum Gasteiger partial charge on any atom is 0.303 e. The predicted molar refractivity (Wildman–Crippen MR) is 65.6 cm³/mol. The van der Waals surface area contributed by atoms with Crippen LogP contribution in [0.2, 0.25) is 0 Å². The van der Waals surface area contributed by atoms with E-state index in [4.69, 9.17) is 9.63 Å². The van der Waals surface area contributed by atoms with Crippen LogP contribution in [-0.2, 0) is 11.2 Å². The maximum atomic E-state index is 10.5. The van der Waals surface area contributed by atoms with Gasteiger partial charge in [-0.1, -0.05) is 39.3 Å². The van der Waals surface area contributed by atoms with Crippen molar-refractivity contribution in [1.29, 1.82) is 0 Å². The van der Waals surface area contributed by atoms with Gasteiger partial charge in [0, 0.05) is 22.0 Å². The second-order valence-corrected chi connectivity index (χ2v) is 4.40. The second-order valence-electron chi connectivity index (χ2n) is 3.55. The van der Waals surface area contributed by atoms with E-state index in [0.29, 0.717) is 12.1 Å². The first-order valence-corrected chi connectivity index (χ1v) is 5.87. The topological polar surface area (TPSA) is 63.3 Å². The fourth-order valence-electron chi connectivity index (χ4n) is 1.56. The van der Waals surface area contributed by atoms with E-state index >= 15 is 0 Å². The fraction of sp³-hybridized carbons (Fsp3) is 0.167. The van der Waals surface area contributed by atoms with Gasteiger partial charge in [0.15, 0.2) is 0 Å². The molecule has 0 bridgehead atoms. The van der Waals surface area contributed by atoms with E-state index in [-0.39, 0.29) is 6.42 Å². The highest BCUT2D eigenvalue weighted by Crippen LogP contribution is 2.30. The molecule has 17 heavy (non-hydrogen) atoms. The summed E-state index contributed by atoms with van der Waals surface area (Å²) in [6, 6.07) is 7.68. The lowest BCUT2D eigenvalue weighted by Gasteiger charge is -2.02. The van der Waals surface area contributed by atoms with E-state index in [0.717, 1.165) is 15.6 Å². The van der Waals surface area contributed by atoms with E-state index < -0.39 is 5.97 Å². The van der Waals surface area contributed by atoms with Gasteiger partial charge in [-0.05, 0) is 6.07 Å². The molecule has 5 heteroatoms. The SMILES string of the molecule is O=C(O)CCc1nocc1-c1ccccc1Br. The molecule has 4 nitrogen and oxygen atoms in total. The van der Waals surface area contributed by atoms with Crippen molar-refractivity contribution in [2.24, 2.45) is 0 Å². The van der Waals surface area contributed by atoms with Crippen LogP contribution in [0.1, 0.15) is 12.1 Å². The van der Waals surface area contributed by atoms with Crippen LogP contribution in [0.5, 0.6) is 0 Å². The quantitative estimate of drug-likeness (QED) is 0.941. The number of aliphatic carboxylic acids is 1. The number of carbonyl (C=O) groups is 1. The Labute approximate surface area is 106 Å². The number of nitrogens with zero attached hydrogens (tertiary/aromatic N) is 1. The minimum absolute atomic E-state index is 0.0456. The van der Waals surface area contributed by atoms with Gasteiger partial charge in [0.25, 0.3) is 0 Å².